The molecule has 0 bridgehead atoms. The molecule has 1 N–H and O–H groups in total. The molecule has 64 valence electrons. The van der Waals surface area contributed by atoms with Crippen LogP contribution in [-0.2, 0) is 19.1 Å². The molecule has 0 spiro atoms. The Morgan fingerprint density at radius 2 is 2.17 bits per heavy atom. The van der Waals surface area contributed by atoms with Crippen molar-refractivity contribution < 1.29 is 24.2 Å². The maximum atomic E-state index is 10.7. The van der Waals surface area contributed by atoms with Gasteiger partial charge in [-0.2, -0.15) is 0 Å². The van der Waals surface area contributed by atoms with Crippen LogP contribution in [0.5, 0.6) is 0 Å². The lowest BCUT2D eigenvalue weighted by molar-refractivity contribution is -0.150. The van der Waals surface area contributed by atoms with Crippen LogP contribution >= 0.6 is 0 Å². The molecule has 1 heterocycles. The van der Waals surface area contributed by atoms with Crippen LogP contribution < -0.4 is 0 Å². The molecule has 12 heavy (non-hydrogen) atoms. The van der Waals surface area contributed by atoms with Crippen molar-refractivity contribution in [3.63, 3.8) is 0 Å². The van der Waals surface area contributed by atoms with Gasteiger partial charge in [-0.05, 0) is 6.42 Å². The summed E-state index contributed by atoms with van der Waals surface area (Å²) in [7, 11) is 0. The van der Waals surface area contributed by atoms with Crippen LogP contribution in [0.25, 0.3) is 0 Å². The zero-order valence-electron chi connectivity index (χ0n) is 6.07. The molecule has 1 rings (SSSR count). The highest BCUT2D eigenvalue weighted by Crippen LogP contribution is 2.13. The first-order chi connectivity index (χ1) is 5.59. The van der Waals surface area contributed by atoms with Gasteiger partial charge in [-0.25, -0.2) is 9.59 Å². The first kappa shape index (κ1) is 8.45. The van der Waals surface area contributed by atoms with Crippen molar-refractivity contribution in [2.24, 2.45) is 0 Å². The second-order valence-electron chi connectivity index (χ2n) is 2.27. The van der Waals surface area contributed by atoms with Crippen molar-refractivity contribution in [3.8, 4) is 0 Å². The molecule has 0 aromatic carbocycles. The first-order valence-corrected chi connectivity index (χ1v) is 3.28. The lowest BCUT2D eigenvalue weighted by Gasteiger charge is -1.93. The van der Waals surface area contributed by atoms with Gasteiger partial charge >= 0.3 is 17.9 Å². The Balaban J connectivity index is 2.52. The van der Waals surface area contributed by atoms with Crippen molar-refractivity contribution in [1.82, 2.24) is 0 Å². The quantitative estimate of drug-likeness (QED) is 0.471. The standard InChI is InChI=1S/C7H6O5/c8-5(9)2-1-4-3-6(10)12-7(4)11/h3H,1-2H2,(H,8,9). The predicted molar refractivity (Wildman–Crippen MR) is 36.1 cm³/mol. The number of carbonyl (C=O) groups is 3. The van der Waals surface area contributed by atoms with E-state index in [9.17, 15) is 14.4 Å². The number of carboxylic acid groups (broad SMARTS) is 1. The smallest absolute Gasteiger partial charge is 0.342 e. The molecule has 0 unspecified atom stereocenters. The van der Waals surface area contributed by atoms with Gasteiger partial charge in [0.15, 0.2) is 0 Å². The highest BCUT2D eigenvalue weighted by Gasteiger charge is 2.23. The van der Waals surface area contributed by atoms with Gasteiger partial charge in [0.25, 0.3) is 0 Å². The molecule has 1 aliphatic heterocycles. The van der Waals surface area contributed by atoms with E-state index >= 15 is 0 Å². The van der Waals surface area contributed by atoms with Crippen molar-refractivity contribution in [2.75, 3.05) is 0 Å². The monoisotopic (exact) mass is 170 g/mol. The minimum atomic E-state index is -1.01. The number of hydrogen-bond donors (Lipinski definition) is 1. The van der Waals surface area contributed by atoms with Crippen LogP contribution in [0.1, 0.15) is 12.8 Å². The number of hydrogen-bond acceptors (Lipinski definition) is 4. The van der Waals surface area contributed by atoms with E-state index in [1.54, 1.807) is 0 Å². The van der Waals surface area contributed by atoms with Crippen LogP contribution in [0.15, 0.2) is 11.6 Å². The van der Waals surface area contributed by atoms with E-state index in [0.29, 0.717) is 0 Å². The summed E-state index contributed by atoms with van der Waals surface area (Å²) in [4.78, 5) is 31.2. The number of ether oxygens (including phenoxy) is 1. The Morgan fingerprint density at radius 3 is 2.58 bits per heavy atom. The predicted octanol–water partition coefficient (Wildman–Crippen LogP) is -0.139. The lowest BCUT2D eigenvalue weighted by atomic mass is 10.1. The van der Waals surface area contributed by atoms with E-state index in [0.717, 1.165) is 6.08 Å². The van der Waals surface area contributed by atoms with Gasteiger partial charge < -0.3 is 9.84 Å². The molecule has 5 heteroatoms. The van der Waals surface area contributed by atoms with Crippen LogP contribution in [0.2, 0.25) is 0 Å². The average molecular weight is 170 g/mol. The van der Waals surface area contributed by atoms with Gasteiger partial charge in [-0.1, -0.05) is 0 Å². The zero-order chi connectivity index (χ0) is 9.14. The molecule has 0 saturated heterocycles. The third-order valence-electron chi connectivity index (χ3n) is 1.36. The van der Waals surface area contributed by atoms with Gasteiger partial charge in [-0.3, -0.25) is 4.79 Å². The summed E-state index contributed by atoms with van der Waals surface area (Å²) in [6.45, 7) is 0. The molecule has 0 fully saturated rings. The normalized spacial score (nSPS) is 15.8. The van der Waals surface area contributed by atoms with Gasteiger partial charge in [0.05, 0.1) is 0 Å². The Hall–Kier alpha value is -1.65. The second kappa shape index (κ2) is 3.17. The van der Waals surface area contributed by atoms with Crippen LogP contribution in [-0.4, -0.2) is 23.0 Å². The molecule has 0 atom stereocenters. The molecule has 1 aliphatic rings. The molecular weight excluding hydrogens is 164 g/mol. The third kappa shape index (κ3) is 1.91. The van der Waals surface area contributed by atoms with E-state index in [4.69, 9.17) is 5.11 Å². The summed E-state index contributed by atoms with van der Waals surface area (Å²) in [5, 5.41) is 8.26. The topological polar surface area (TPSA) is 80.7 Å². The molecule has 0 aromatic rings. The average Bonchev–Trinajstić information content (AvgIpc) is 2.26. The number of carbonyl (C=O) groups excluding carboxylic acids is 2. The van der Waals surface area contributed by atoms with Crippen molar-refractivity contribution in [3.05, 3.63) is 11.6 Å². The molecule has 5 nitrogen and oxygen atoms in total. The largest absolute Gasteiger partial charge is 0.481 e. The fraction of sp³-hybridized carbons (Fsp3) is 0.286. The van der Waals surface area contributed by atoms with Crippen LogP contribution in [0, 0.1) is 0 Å². The minimum absolute atomic E-state index is 0.0416. The Kier molecular flexibility index (Phi) is 2.23. The van der Waals surface area contributed by atoms with Crippen molar-refractivity contribution >= 4 is 17.9 Å². The number of rotatable bonds is 3. The maximum Gasteiger partial charge on any atom is 0.342 e. The lowest BCUT2D eigenvalue weighted by Crippen LogP contribution is -2.03. The first-order valence-electron chi connectivity index (χ1n) is 3.28. The van der Waals surface area contributed by atoms with Gasteiger partial charge in [-0.15, -0.1) is 0 Å². The summed E-state index contributed by atoms with van der Waals surface area (Å²) in [5.74, 6) is -2.47. The van der Waals surface area contributed by atoms with Crippen LogP contribution in [0.3, 0.4) is 0 Å². The summed E-state index contributed by atoms with van der Waals surface area (Å²) < 4.78 is 4.14. The summed E-state index contributed by atoms with van der Waals surface area (Å²) in [5.41, 5.74) is 0.127. The molecule has 0 aromatic heterocycles. The third-order valence-corrected chi connectivity index (χ3v) is 1.36. The number of cyclic esters (lactones) is 2. The fourth-order valence-electron chi connectivity index (χ4n) is 0.803. The van der Waals surface area contributed by atoms with Gasteiger partial charge in [0, 0.05) is 18.1 Å². The van der Waals surface area contributed by atoms with E-state index < -0.39 is 17.9 Å². The van der Waals surface area contributed by atoms with E-state index in [-0.39, 0.29) is 18.4 Å². The van der Waals surface area contributed by atoms with E-state index in [1.165, 1.54) is 0 Å². The van der Waals surface area contributed by atoms with Gasteiger partial charge in [0.2, 0.25) is 0 Å². The number of carboxylic acids is 1. The van der Waals surface area contributed by atoms with E-state index in [1.807, 2.05) is 0 Å². The molecule has 0 saturated carbocycles. The molecule has 0 aliphatic carbocycles. The summed E-state index contributed by atoms with van der Waals surface area (Å²) in [6, 6.07) is 0. The molecule has 0 amide bonds. The molecule has 0 radical (unpaired) electrons. The fourth-order valence-corrected chi connectivity index (χ4v) is 0.803. The van der Waals surface area contributed by atoms with Crippen LogP contribution in [0.4, 0.5) is 0 Å². The molecular formula is C7H6O5. The summed E-state index contributed by atoms with van der Waals surface area (Å²) >= 11 is 0. The second-order valence-corrected chi connectivity index (χ2v) is 2.27. The number of esters is 2. The van der Waals surface area contributed by atoms with Crippen molar-refractivity contribution in [2.45, 2.75) is 12.8 Å². The summed E-state index contributed by atoms with van der Waals surface area (Å²) in [6.07, 6.45) is 0.888. The SMILES string of the molecule is O=C(O)CCC1=CC(=O)OC1=O. The van der Waals surface area contributed by atoms with Crippen molar-refractivity contribution in [1.29, 1.82) is 0 Å². The Bertz CT molecular complexity index is 276. The van der Waals surface area contributed by atoms with Gasteiger partial charge in [0.1, 0.15) is 0 Å². The highest BCUT2D eigenvalue weighted by atomic mass is 16.6. The minimum Gasteiger partial charge on any atom is -0.481 e. The highest BCUT2D eigenvalue weighted by molar-refractivity contribution is 6.08. The maximum absolute atomic E-state index is 10.7. The Morgan fingerprint density at radius 1 is 1.50 bits per heavy atom. The number of aliphatic carboxylic acids is 1. The van der Waals surface area contributed by atoms with E-state index in [2.05, 4.69) is 4.74 Å². The Labute approximate surface area is 67.6 Å². The zero-order valence-corrected chi connectivity index (χ0v) is 6.07.